The van der Waals surface area contributed by atoms with Gasteiger partial charge in [0, 0.05) is 13.2 Å². The van der Waals surface area contributed by atoms with E-state index in [1.807, 2.05) is 0 Å². The van der Waals surface area contributed by atoms with Crippen LogP contribution in [0.15, 0.2) is 0 Å². The van der Waals surface area contributed by atoms with Gasteiger partial charge in [0.1, 0.15) is 0 Å². The third-order valence-electron chi connectivity index (χ3n) is 3.05. The molecular formula is C11H24N2O. The van der Waals surface area contributed by atoms with Crippen molar-refractivity contribution in [2.45, 2.75) is 32.8 Å². The SMILES string of the molecule is CC(C)C(CN)CNCC1CCCO1. The molecule has 0 aromatic carbocycles. The fourth-order valence-corrected chi connectivity index (χ4v) is 1.83. The van der Waals surface area contributed by atoms with E-state index < -0.39 is 0 Å². The molecule has 3 nitrogen and oxygen atoms in total. The van der Waals surface area contributed by atoms with Gasteiger partial charge in [-0.1, -0.05) is 13.8 Å². The Kier molecular flexibility index (Phi) is 5.45. The molecule has 1 aliphatic rings. The Balaban J connectivity index is 2.06. The highest BCUT2D eigenvalue weighted by molar-refractivity contribution is 4.71. The van der Waals surface area contributed by atoms with Crippen molar-refractivity contribution in [3.05, 3.63) is 0 Å². The molecule has 0 aromatic heterocycles. The maximum Gasteiger partial charge on any atom is 0.0700 e. The molecule has 3 heteroatoms. The van der Waals surface area contributed by atoms with E-state index in [4.69, 9.17) is 10.5 Å². The van der Waals surface area contributed by atoms with Crippen molar-refractivity contribution >= 4 is 0 Å². The van der Waals surface area contributed by atoms with E-state index in [-0.39, 0.29) is 0 Å². The zero-order chi connectivity index (χ0) is 10.4. The predicted molar refractivity (Wildman–Crippen MR) is 59.2 cm³/mol. The van der Waals surface area contributed by atoms with E-state index in [2.05, 4.69) is 19.2 Å². The lowest BCUT2D eigenvalue weighted by Gasteiger charge is -2.20. The molecule has 1 fully saturated rings. The molecule has 3 N–H and O–H groups in total. The van der Waals surface area contributed by atoms with Gasteiger partial charge in [-0.15, -0.1) is 0 Å². The molecule has 1 saturated heterocycles. The van der Waals surface area contributed by atoms with E-state index in [9.17, 15) is 0 Å². The van der Waals surface area contributed by atoms with Crippen molar-refractivity contribution in [1.29, 1.82) is 0 Å². The first kappa shape index (κ1) is 12.0. The van der Waals surface area contributed by atoms with E-state index in [0.717, 1.165) is 26.2 Å². The number of nitrogens with one attached hydrogen (secondary N) is 1. The lowest BCUT2D eigenvalue weighted by molar-refractivity contribution is 0.108. The van der Waals surface area contributed by atoms with E-state index >= 15 is 0 Å². The Morgan fingerprint density at radius 1 is 1.50 bits per heavy atom. The maximum absolute atomic E-state index is 5.70. The molecule has 0 amide bonds. The van der Waals surface area contributed by atoms with Crippen molar-refractivity contribution in [1.82, 2.24) is 5.32 Å². The second-order valence-electron chi connectivity index (χ2n) is 4.53. The van der Waals surface area contributed by atoms with Gasteiger partial charge in [0.25, 0.3) is 0 Å². The zero-order valence-corrected chi connectivity index (χ0v) is 9.46. The molecule has 2 unspecified atom stereocenters. The van der Waals surface area contributed by atoms with Gasteiger partial charge in [-0.25, -0.2) is 0 Å². The van der Waals surface area contributed by atoms with Gasteiger partial charge in [0.2, 0.25) is 0 Å². The van der Waals surface area contributed by atoms with Crippen LogP contribution in [0.1, 0.15) is 26.7 Å². The summed E-state index contributed by atoms with van der Waals surface area (Å²) in [5, 5.41) is 3.45. The first-order valence-electron chi connectivity index (χ1n) is 5.76. The van der Waals surface area contributed by atoms with Crippen LogP contribution in [0.25, 0.3) is 0 Å². The Morgan fingerprint density at radius 3 is 2.79 bits per heavy atom. The van der Waals surface area contributed by atoms with Gasteiger partial charge in [-0.05, 0) is 37.8 Å². The van der Waals surface area contributed by atoms with Crippen LogP contribution in [0, 0.1) is 11.8 Å². The molecule has 84 valence electrons. The monoisotopic (exact) mass is 200 g/mol. The minimum Gasteiger partial charge on any atom is -0.377 e. The highest BCUT2D eigenvalue weighted by Crippen LogP contribution is 2.11. The van der Waals surface area contributed by atoms with Crippen LogP contribution in [0.5, 0.6) is 0 Å². The summed E-state index contributed by atoms with van der Waals surface area (Å²) >= 11 is 0. The summed E-state index contributed by atoms with van der Waals surface area (Å²) in [5.41, 5.74) is 5.70. The minimum atomic E-state index is 0.445. The summed E-state index contributed by atoms with van der Waals surface area (Å²) in [5.74, 6) is 1.26. The third-order valence-corrected chi connectivity index (χ3v) is 3.05. The lowest BCUT2D eigenvalue weighted by Crippen LogP contribution is -2.35. The quantitative estimate of drug-likeness (QED) is 0.672. The van der Waals surface area contributed by atoms with Gasteiger partial charge in [0.05, 0.1) is 6.10 Å². The molecule has 14 heavy (non-hydrogen) atoms. The fourth-order valence-electron chi connectivity index (χ4n) is 1.83. The van der Waals surface area contributed by atoms with E-state index in [1.165, 1.54) is 12.8 Å². The molecule has 1 rings (SSSR count). The summed E-state index contributed by atoms with van der Waals surface area (Å²) in [4.78, 5) is 0. The fraction of sp³-hybridized carbons (Fsp3) is 1.00. The molecule has 2 atom stereocenters. The van der Waals surface area contributed by atoms with E-state index in [0.29, 0.717) is 17.9 Å². The Labute approximate surface area is 87.4 Å². The summed E-state index contributed by atoms with van der Waals surface area (Å²) < 4.78 is 5.54. The molecule has 0 bridgehead atoms. The number of hydrogen-bond acceptors (Lipinski definition) is 3. The highest BCUT2D eigenvalue weighted by Gasteiger charge is 2.16. The van der Waals surface area contributed by atoms with Crippen LogP contribution in [0.2, 0.25) is 0 Å². The lowest BCUT2D eigenvalue weighted by atomic mass is 9.96. The molecule has 0 spiro atoms. The smallest absolute Gasteiger partial charge is 0.0700 e. The second-order valence-corrected chi connectivity index (χ2v) is 4.53. The predicted octanol–water partition coefficient (Wildman–Crippen LogP) is 0.986. The second kappa shape index (κ2) is 6.38. The number of ether oxygens (including phenoxy) is 1. The number of rotatable bonds is 6. The van der Waals surface area contributed by atoms with Crippen LogP contribution in [0.4, 0.5) is 0 Å². The van der Waals surface area contributed by atoms with Crippen molar-refractivity contribution in [3.8, 4) is 0 Å². The van der Waals surface area contributed by atoms with Gasteiger partial charge < -0.3 is 15.8 Å². The van der Waals surface area contributed by atoms with Crippen LogP contribution in [-0.4, -0.2) is 32.3 Å². The van der Waals surface area contributed by atoms with Gasteiger partial charge in [0.15, 0.2) is 0 Å². The number of hydrogen-bond donors (Lipinski definition) is 2. The van der Waals surface area contributed by atoms with Crippen molar-refractivity contribution < 1.29 is 4.74 Å². The van der Waals surface area contributed by atoms with Crippen LogP contribution in [0.3, 0.4) is 0 Å². The summed E-state index contributed by atoms with van der Waals surface area (Å²) in [6.07, 6.45) is 2.87. The van der Waals surface area contributed by atoms with Crippen LogP contribution < -0.4 is 11.1 Å². The maximum atomic E-state index is 5.70. The highest BCUT2D eigenvalue weighted by atomic mass is 16.5. The van der Waals surface area contributed by atoms with Gasteiger partial charge in [-0.3, -0.25) is 0 Å². The minimum absolute atomic E-state index is 0.445. The molecule has 0 radical (unpaired) electrons. The standard InChI is InChI=1S/C11H24N2O/c1-9(2)10(6-12)7-13-8-11-4-3-5-14-11/h9-11,13H,3-8,12H2,1-2H3. The first-order valence-corrected chi connectivity index (χ1v) is 5.76. The topological polar surface area (TPSA) is 47.3 Å². The largest absolute Gasteiger partial charge is 0.377 e. The van der Waals surface area contributed by atoms with Crippen molar-refractivity contribution in [3.63, 3.8) is 0 Å². The molecular weight excluding hydrogens is 176 g/mol. The molecule has 1 heterocycles. The number of nitrogens with two attached hydrogens (primary N) is 1. The van der Waals surface area contributed by atoms with Gasteiger partial charge >= 0.3 is 0 Å². The summed E-state index contributed by atoms with van der Waals surface area (Å²) in [6.45, 7) is 8.18. The Hall–Kier alpha value is -0.120. The molecule has 1 aliphatic heterocycles. The normalized spacial score (nSPS) is 24.4. The third kappa shape index (κ3) is 3.95. The van der Waals surface area contributed by atoms with Crippen molar-refractivity contribution in [2.24, 2.45) is 17.6 Å². The van der Waals surface area contributed by atoms with Crippen LogP contribution >= 0.6 is 0 Å². The molecule has 0 saturated carbocycles. The van der Waals surface area contributed by atoms with Gasteiger partial charge in [-0.2, -0.15) is 0 Å². The van der Waals surface area contributed by atoms with Crippen LogP contribution in [-0.2, 0) is 4.74 Å². The molecule has 0 aliphatic carbocycles. The Morgan fingerprint density at radius 2 is 2.29 bits per heavy atom. The average molecular weight is 200 g/mol. The Bertz CT molecular complexity index is 144. The zero-order valence-electron chi connectivity index (χ0n) is 9.46. The van der Waals surface area contributed by atoms with Crippen molar-refractivity contribution in [2.75, 3.05) is 26.2 Å². The molecule has 0 aromatic rings. The average Bonchev–Trinajstić information content (AvgIpc) is 2.64. The summed E-state index contributed by atoms with van der Waals surface area (Å²) in [6, 6.07) is 0. The summed E-state index contributed by atoms with van der Waals surface area (Å²) in [7, 11) is 0. The first-order chi connectivity index (χ1) is 6.74. The van der Waals surface area contributed by atoms with E-state index in [1.54, 1.807) is 0 Å².